The molecule has 23 atom stereocenters. The summed E-state index contributed by atoms with van der Waals surface area (Å²) < 4.78 is 45.7. The second-order valence-corrected chi connectivity index (χ2v) is 28.8. The van der Waals surface area contributed by atoms with Crippen LogP contribution in [0.2, 0.25) is 0 Å². The van der Waals surface area contributed by atoms with Gasteiger partial charge in [0.15, 0.2) is 36.7 Å². The van der Waals surface area contributed by atoms with Crippen LogP contribution in [0, 0.1) is 35.5 Å². The zero-order valence-corrected chi connectivity index (χ0v) is 61.1. The first-order valence-electron chi connectivity index (χ1n) is 37.6. The van der Waals surface area contributed by atoms with E-state index in [4.69, 9.17) is 37.9 Å². The van der Waals surface area contributed by atoms with Gasteiger partial charge in [-0.05, 0) is 96.3 Å². The van der Waals surface area contributed by atoms with Crippen molar-refractivity contribution in [2.45, 2.75) is 319 Å². The van der Waals surface area contributed by atoms with Gasteiger partial charge in [0.25, 0.3) is 0 Å². The highest BCUT2D eigenvalue weighted by Crippen LogP contribution is 2.32. The molecule has 4 rings (SSSR count). The van der Waals surface area contributed by atoms with E-state index in [1.54, 1.807) is 41.5 Å². The lowest BCUT2D eigenvalue weighted by molar-refractivity contribution is -0.282. The maximum atomic E-state index is 14.4. The number of amides is 3. The smallest absolute Gasteiger partial charge is 0.220 e. The predicted octanol–water partition coefficient (Wildman–Crippen LogP) is 1.13. The number of unbranched alkanes of at least 4 members (excludes halogenated alkanes) is 9. The highest BCUT2D eigenvalue weighted by molar-refractivity contribution is 5.93. The number of carbonyl (C=O) groups is 7. The molecule has 30 nitrogen and oxygen atoms in total. The van der Waals surface area contributed by atoms with Crippen molar-refractivity contribution in [3.8, 4) is 0 Å². The fourth-order valence-corrected chi connectivity index (χ4v) is 13.2. The molecule has 0 aromatic heterocycles. The van der Waals surface area contributed by atoms with Crippen molar-refractivity contribution in [1.82, 2.24) is 16.0 Å². The number of ether oxygens (including phenoxy) is 8. The molecule has 0 radical (unpaired) electrons. The van der Waals surface area contributed by atoms with Crippen molar-refractivity contribution >= 4 is 40.9 Å². The van der Waals surface area contributed by atoms with Gasteiger partial charge in [-0.2, -0.15) is 0 Å². The molecule has 592 valence electrons. The van der Waals surface area contributed by atoms with E-state index in [0.717, 1.165) is 0 Å². The Morgan fingerprint density at radius 1 is 0.363 bits per heavy atom. The van der Waals surface area contributed by atoms with E-state index in [2.05, 4.69) is 16.0 Å². The van der Waals surface area contributed by atoms with Crippen molar-refractivity contribution in [3.05, 3.63) is 0 Å². The van der Waals surface area contributed by atoms with E-state index < -0.39 is 172 Å². The lowest BCUT2D eigenvalue weighted by Gasteiger charge is -2.40. The normalized spacial score (nSPS) is 30.7. The van der Waals surface area contributed by atoms with Crippen LogP contribution in [-0.4, -0.2) is 272 Å². The van der Waals surface area contributed by atoms with E-state index in [0.29, 0.717) is 135 Å². The van der Waals surface area contributed by atoms with Crippen LogP contribution in [0.4, 0.5) is 0 Å². The number of hydrogen-bond donors (Lipinski definition) is 15. The summed E-state index contributed by atoms with van der Waals surface area (Å²) in [7, 11) is 0. The molecule has 4 fully saturated rings. The first kappa shape index (κ1) is 90.7. The molecule has 0 bridgehead atoms. The Bertz CT molecular complexity index is 2410. The van der Waals surface area contributed by atoms with Gasteiger partial charge in [-0.1, -0.05) is 67.2 Å². The number of Topliss-reactive ketones (excluding diaryl/α,β-unsaturated/α-hetero) is 4. The Labute approximate surface area is 601 Å². The van der Waals surface area contributed by atoms with Crippen LogP contribution in [0.15, 0.2) is 0 Å². The van der Waals surface area contributed by atoms with Gasteiger partial charge in [0, 0.05) is 113 Å². The molecule has 0 aromatic carbocycles. The summed E-state index contributed by atoms with van der Waals surface area (Å²) in [6, 6.07) is -1.76. The molecule has 23 unspecified atom stereocenters. The van der Waals surface area contributed by atoms with Gasteiger partial charge in [-0.25, -0.2) is 0 Å². The van der Waals surface area contributed by atoms with Crippen LogP contribution < -0.4 is 16.0 Å². The van der Waals surface area contributed by atoms with E-state index in [1.165, 1.54) is 0 Å². The Morgan fingerprint density at radius 2 is 0.676 bits per heavy atom. The quantitative estimate of drug-likeness (QED) is 0.0380. The summed E-state index contributed by atoms with van der Waals surface area (Å²) in [6.07, 6.45) is -7.59. The molecule has 0 saturated carbocycles. The van der Waals surface area contributed by atoms with E-state index >= 15 is 0 Å². The van der Waals surface area contributed by atoms with Crippen LogP contribution >= 0.6 is 0 Å². The zero-order valence-electron chi connectivity index (χ0n) is 61.1. The van der Waals surface area contributed by atoms with Crippen molar-refractivity contribution in [3.63, 3.8) is 0 Å². The fourth-order valence-electron chi connectivity index (χ4n) is 13.2. The summed E-state index contributed by atoms with van der Waals surface area (Å²) in [4.78, 5) is 94.8. The summed E-state index contributed by atoms with van der Waals surface area (Å²) in [6.45, 7) is 9.25. The highest BCUT2D eigenvalue weighted by Gasteiger charge is 2.46. The lowest BCUT2D eigenvalue weighted by atomic mass is 9.84. The molecule has 15 N–H and O–H groups in total. The van der Waals surface area contributed by atoms with Gasteiger partial charge in [0.1, 0.15) is 60.4 Å². The molecule has 4 saturated heterocycles. The number of rotatable bonds is 53. The molecule has 4 aliphatic rings. The Morgan fingerprint density at radius 3 is 1.04 bits per heavy atom. The Kier molecular flexibility index (Phi) is 43.8. The van der Waals surface area contributed by atoms with Crippen LogP contribution in [-0.2, 0) is 71.5 Å². The van der Waals surface area contributed by atoms with Crippen LogP contribution in [0.5, 0.6) is 0 Å². The third kappa shape index (κ3) is 30.9. The highest BCUT2D eigenvalue weighted by atomic mass is 16.7. The van der Waals surface area contributed by atoms with Gasteiger partial charge in [0.05, 0.1) is 62.9 Å². The molecular weight excluding hydrogens is 1340 g/mol. The second-order valence-electron chi connectivity index (χ2n) is 28.8. The molecule has 4 aliphatic heterocycles. The largest absolute Gasteiger partial charge is 0.394 e. The minimum atomic E-state index is -1.28. The van der Waals surface area contributed by atoms with Gasteiger partial charge in [-0.15, -0.1) is 0 Å². The first-order valence-corrected chi connectivity index (χ1v) is 37.6. The third-order valence-electron chi connectivity index (χ3n) is 20.2. The number of aliphatic hydroxyl groups is 12. The van der Waals surface area contributed by atoms with E-state index in [-0.39, 0.29) is 106 Å². The fraction of sp³-hybridized carbons (Fsp3) is 0.903. The third-order valence-corrected chi connectivity index (χ3v) is 20.2. The van der Waals surface area contributed by atoms with Gasteiger partial charge < -0.3 is 115 Å². The SMILES string of the molecule is CC(C)C(=O)C(CCCCCC(=O)C(CCCCNC(=O)CCCCOC1OC(CO)C(O)C(O)C1C)NC(=O)CCCCOC1OC(CO)C(O)C(O)C1C)CC(=O)C(CCCCCC(=O)CCCCOC1OC(CO)C(O)C(O)C1C)NC(=O)CCCCOC1OC(CO)C(O)C(O)C1C. The van der Waals surface area contributed by atoms with Crippen LogP contribution in [0.25, 0.3) is 0 Å². The van der Waals surface area contributed by atoms with Crippen molar-refractivity contribution in [2.75, 3.05) is 59.4 Å². The molecular formula is C72H127N3O27. The summed E-state index contributed by atoms with van der Waals surface area (Å²) in [5, 5.41) is 129. The molecule has 0 spiro atoms. The summed E-state index contributed by atoms with van der Waals surface area (Å²) in [5.74, 6) is -4.84. The van der Waals surface area contributed by atoms with Crippen LogP contribution in [0.3, 0.4) is 0 Å². The molecule has 102 heavy (non-hydrogen) atoms. The van der Waals surface area contributed by atoms with Gasteiger partial charge >= 0.3 is 0 Å². The second kappa shape index (κ2) is 49.3. The van der Waals surface area contributed by atoms with Gasteiger partial charge in [0.2, 0.25) is 17.7 Å². The summed E-state index contributed by atoms with van der Waals surface area (Å²) in [5.41, 5.74) is 0. The zero-order chi connectivity index (χ0) is 75.4. The van der Waals surface area contributed by atoms with Gasteiger partial charge in [-0.3, -0.25) is 33.6 Å². The number of ketones is 4. The first-order chi connectivity index (χ1) is 48.7. The monoisotopic (exact) mass is 1470 g/mol. The lowest BCUT2D eigenvalue weighted by Crippen LogP contribution is -2.55. The standard InChI is InChI=1S/C72H127N3O27/c1-42(2)60(86)47(37-52(82)50(75-59(85)31-17-22-36-98-72-46(6)64(90)68(94)56(41-79)102-72)26-11-8-10-24-48(80)25-14-19-33-95-69-43(3)61(87)65(91)53(38-76)99-69)23-9-7-12-28-51(81)49(74-58(84)30-16-21-35-97-71-45(5)63(89)67(93)55(40-78)101-71)27-13-18-32-73-57(83)29-15-20-34-96-70-44(4)62(88)66(92)54(39-77)100-70/h42-47,49-50,53-56,61-72,76-79,87-94H,7-41H2,1-6H3,(H,73,83)(H,74,84)(H,75,85). The topological polar surface area (TPSA) is 472 Å². The predicted molar refractivity (Wildman–Crippen MR) is 367 cm³/mol. The van der Waals surface area contributed by atoms with Crippen molar-refractivity contribution < 1.29 is 133 Å². The molecule has 3 amide bonds. The Balaban J connectivity index is 1.30. The average Bonchev–Trinajstić information content (AvgIpc) is 0.839. The van der Waals surface area contributed by atoms with E-state index in [9.17, 15) is 94.8 Å². The molecule has 0 aromatic rings. The molecule has 4 heterocycles. The molecule has 30 heteroatoms. The number of aliphatic hydroxyl groups excluding tert-OH is 12. The Hall–Kier alpha value is -3.71. The minimum absolute atomic E-state index is 0.0394. The maximum absolute atomic E-state index is 14.4. The average molecular weight is 1470 g/mol. The maximum Gasteiger partial charge on any atom is 0.220 e. The summed E-state index contributed by atoms with van der Waals surface area (Å²) >= 11 is 0. The van der Waals surface area contributed by atoms with Crippen LogP contribution in [0.1, 0.15) is 208 Å². The number of nitrogens with one attached hydrogen (secondary N) is 3. The van der Waals surface area contributed by atoms with Crippen molar-refractivity contribution in [1.29, 1.82) is 0 Å². The van der Waals surface area contributed by atoms with E-state index in [1.807, 2.05) is 0 Å². The van der Waals surface area contributed by atoms with Crippen molar-refractivity contribution in [2.24, 2.45) is 35.5 Å². The number of carbonyl (C=O) groups excluding carboxylic acids is 7. The molecule has 0 aliphatic carbocycles. The number of hydrogen-bond acceptors (Lipinski definition) is 27. The minimum Gasteiger partial charge on any atom is -0.394 e.